The number of carbonyl (C=O) groups is 1. The summed E-state index contributed by atoms with van der Waals surface area (Å²) in [6.45, 7) is 0. The van der Waals surface area contributed by atoms with Crippen molar-refractivity contribution in [1.29, 1.82) is 0 Å². The molecule has 0 fully saturated rings. The molecule has 5 nitrogen and oxygen atoms in total. The number of rotatable bonds is 3. The molecule has 5 heteroatoms. The van der Waals surface area contributed by atoms with Crippen molar-refractivity contribution in [3.63, 3.8) is 0 Å². The molecule has 1 N–H and O–H groups in total. The molecule has 2 rings (SSSR count). The fraction of sp³-hybridized carbons (Fsp3) is 0.417. The zero-order valence-electron chi connectivity index (χ0n) is 10.1. The predicted molar refractivity (Wildman–Crippen MR) is 63.1 cm³/mol. The largest absolute Gasteiger partial charge is 0.497 e. The summed E-state index contributed by atoms with van der Waals surface area (Å²) in [5, 5.41) is 9.13. The quantitative estimate of drug-likeness (QED) is 0.854. The van der Waals surface area contributed by atoms with E-state index >= 15 is 0 Å². The molecule has 1 aliphatic heterocycles. The van der Waals surface area contributed by atoms with E-state index in [1.165, 1.54) is 0 Å². The first-order chi connectivity index (χ1) is 8.08. The van der Waals surface area contributed by atoms with Crippen LogP contribution in [0, 0.1) is 0 Å². The van der Waals surface area contributed by atoms with Gasteiger partial charge in [-0.2, -0.15) is 0 Å². The maximum absolute atomic E-state index is 11.1. The number of hydrogen-bond donors (Lipinski definition) is 1. The van der Waals surface area contributed by atoms with Crippen molar-refractivity contribution in [1.82, 2.24) is 0 Å². The van der Waals surface area contributed by atoms with Gasteiger partial charge in [-0.05, 0) is 11.6 Å². The van der Waals surface area contributed by atoms with Crippen LogP contribution < -0.4 is 14.4 Å². The van der Waals surface area contributed by atoms with Gasteiger partial charge in [0, 0.05) is 19.5 Å². The lowest BCUT2D eigenvalue weighted by Crippen LogP contribution is -2.35. The highest BCUT2D eigenvalue weighted by Crippen LogP contribution is 2.41. The Morgan fingerprint density at radius 1 is 1.41 bits per heavy atom. The van der Waals surface area contributed by atoms with E-state index in [9.17, 15) is 4.79 Å². The fourth-order valence-electron chi connectivity index (χ4n) is 2.22. The molecule has 0 aliphatic carbocycles. The van der Waals surface area contributed by atoms with Gasteiger partial charge in [-0.3, -0.25) is 0 Å². The molecule has 0 spiro atoms. The summed E-state index contributed by atoms with van der Waals surface area (Å²) in [7, 11) is 4.91. The summed E-state index contributed by atoms with van der Waals surface area (Å²) in [5.41, 5.74) is 1.77. The molecule has 92 valence electrons. The molecular weight excluding hydrogens is 222 g/mol. The van der Waals surface area contributed by atoms with Crippen molar-refractivity contribution >= 4 is 11.7 Å². The number of fused-ring (bicyclic) bond motifs is 1. The maximum atomic E-state index is 11.1. The van der Waals surface area contributed by atoms with Crippen molar-refractivity contribution in [2.24, 2.45) is 0 Å². The molecule has 0 radical (unpaired) electrons. The number of nitrogens with zero attached hydrogens (tertiary/aromatic N) is 1. The van der Waals surface area contributed by atoms with E-state index in [4.69, 9.17) is 14.6 Å². The molecule has 1 heterocycles. The number of hydrogen-bond acceptors (Lipinski definition) is 4. The summed E-state index contributed by atoms with van der Waals surface area (Å²) in [6.07, 6.45) is 0.467. The molecule has 0 aromatic heterocycles. The summed E-state index contributed by atoms with van der Waals surface area (Å²) < 4.78 is 10.5. The first kappa shape index (κ1) is 11.6. The standard InChI is InChI=1S/C12H15NO4/c1-13-9(12(14)15)5-7-4-8(16-2)6-10(17-3)11(7)13/h4,6,9H,5H2,1-3H3,(H,14,15). The van der Waals surface area contributed by atoms with E-state index in [-0.39, 0.29) is 0 Å². The fourth-order valence-corrected chi connectivity index (χ4v) is 2.22. The van der Waals surface area contributed by atoms with Crippen LogP contribution in [0.15, 0.2) is 12.1 Å². The second-order valence-corrected chi connectivity index (χ2v) is 4.01. The molecule has 0 bridgehead atoms. The Morgan fingerprint density at radius 2 is 2.12 bits per heavy atom. The highest BCUT2D eigenvalue weighted by Gasteiger charge is 2.34. The number of carboxylic acid groups (broad SMARTS) is 1. The van der Waals surface area contributed by atoms with Crippen LogP contribution >= 0.6 is 0 Å². The minimum Gasteiger partial charge on any atom is -0.497 e. The van der Waals surface area contributed by atoms with Gasteiger partial charge in [0.1, 0.15) is 17.5 Å². The summed E-state index contributed by atoms with van der Waals surface area (Å²) in [5.74, 6) is 0.496. The van der Waals surface area contributed by atoms with Gasteiger partial charge in [0.05, 0.1) is 19.9 Å². The number of methoxy groups -OCH3 is 2. The van der Waals surface area contributed by atoms with E-state index in [1.54, 1.807) is 32.2 Å². The Labute approximate surface area is 99.6 Å². The summed E-state index contributed by atoms with van der Waals surface area (Å²) >= 11 is 0. The molecular formula is C12H15NO4. The highest BCUT2D eigenvalue weighted by molar-refractivity contribution is 5.84. The third-order valence-corrected chi connectivity index (χ3v) is 3.10. The predicted octanol–water partition coefficient (Wildman–Crippen LogP) is 1.15. The number of ether oxygens (including phenoxy) is 2. The molecule has 0 amide bonds. The summed E-state index contributed by atoms with van der Waals surface area (Å²) in [6, 6.07) is 3.09. The Kier molecular flexibility index (Phi) is 2.83. The summed E-state index contributed by atoms with van der Waals surface area (Å²) in [4.78, 5) is 12.9. The van der Waals surface area contributed by atoms with Gasteiger partial charge < -0.3 is 19.5 Å². The monoisotopic (exact) mass is 237 g/mol. The molecule has 0 saturated heterocycles. The zero-order valence-corrected chi connectivity index (χ0v) is 10.1. The molecule has 1 aliphatic rings. The van der Waals surface area contributed by atoms with Gasteiger partial charge in [0.25, 0.3) is 0 Å². The van der Waals surface area contributed by atoms with Gasteiger partial charge in [-0.25, -0.2) is 4.79 Å². The molecule has 1 atom stereocenters. The van der Waals surface area contributed by atoms with Crippen LogP contribution in [0.1, 0.15) is 5.56 Å². The van der Waals surface area contributed by atoms with Crippen LogP contribution in [0.2, 0.25) is 0 Å². The normalized spacial score (nSPS) is 17.8. The number of carboxylic acids is 1. The van der Waals surface area contributed by atoms with Crippen molar-refractivity contribution in [2.75, 3.05) is 26.2 Å². The van der Waals surface area contributed by atoms with Gasteiger partial charge in [-0.1, -0.05) is 0 Å². The van der Waals surface area contributed by atoms with E-state index < -0.39 is 12.0 Å². The van der Waals surface area contributed by atoms with Crippen LogP contribution in [-0.4, -0.2) is 38.4 Å². The molecule has 1 unspecified atom stereocenters. The molecule has 1 aromatic carbocycles. The first-order valence-corrected chi connectivity index (χ1v) is 5.29. The topological polar surface area (TPSA) is 59.0 Å². The van der Waals surface area contributed by atoms with E-state index in [2.05, 4.69) is 0 Å². The van der Waals surface area contributed by atoms with Crippen LogP contribution in [0.4, 0.5) is 5.69 Å². The van der Waals surface area contributed by atoms with E-state index in [0.29, 0.717) is 17.9 Å². The molecule has 17 heavy (non-hydrogen) atoms. The number of aliphatic carboxylic acids is 1. The lowest BCUT2D eigenvalue weighted by Gasteiger charge is -2.20. The smallest absolute Gasteiger partial charge is 0.326 e. The average molecular weight is 237 g/mol. The Bertz CT molecular complexity index is 458. The van der Waals surface area contributed by atoms with Crippen LogP contribution in [0.3, 0.4) is 0 Å². The first-order valence-electron chi connectivity index (χ1n) is 5.29. The van der Waals surface area contributed by atoms with Crippen molar-refractivity contribution < 1.29 is 19.4 Å². The third kappa shape index (κ3) is 1.77. The van der Waals surface area contributed by atoms with E-state index in [1.807, 2.05) is 6.07 Å². The second kappa shape index (κ2) is 4.16. The Morgan fingerprint density at radius 3 is 2.65 bits per heavy atom. The highest BCUT2D eigenvalue weighted by atomic mass is 16.5. The maximum Gasteiger partial charge on any atom is 0.326 e. The number of benzene rings is 1. The molecule has 0 saturated carbocycles. The van der Waals surface area contributed by atoms with Crippen LogP contribution in [0.5, 0.6) is 11.5 Å². The average Bonchev–Trinajstić information content (AvgIpc) is 2.65. The van der Waals surface area contributed by atoms with Crippen molar-refractivity contribution in [2.45, 2.75) is 12.5 Å². The lowest BCUT2D eigenvalue weighted by molar-refractivity contribution is -0.138. The van der Waals surface area contributed by atoms with Gasteiger partial charge in [-0.15, -0.1) is 0 Å². The SMILES string of the molecule is COc1cc2c(c(OC)c1)N(C)C(C(=O)O)C2. The van der Waals surface area contributed by atoms with Gasteiger partial charge >= 0.3 is 5.97 Å². The minimum atomic E-state index is -0.829. The van der Waals surface area contributed by atoms with Gasteiger partial charge in [0.15, 0.2) is 0 Å². The molecule has 1 aromatic rings. The minimum absolute atomic E-state index is 0.467. The zero-order chi connectivity index (χ0) is 12.6. The number of anilines is 1. The van der Waals surface area contributed by atoms with Gasteiger partial charge in [0.2, 0.25) is 0 Å². The second-order valence-electron chi connectivity index (χ2n) is 4.01. The van der Waals surface area contributed by atoms with Crippen LogP contribution in [0.25, 0.3) is 0 Å². The Hall–Kier alpha value is -1.91. The number of likely N-dealkylation sites (N-methyl/N-ethyl adjacent to an activating group) is 1. The van der Waals surface area contributed by atoms with E-state index in [0.717, 1.165) is 11.3 Å². The third-order valence-electron chi connectivity index (χ3n) is 3.10. The van der Waals surface area contributed by atoms with Crippen molar-refractivity contribution in [3.05, 3.63) is 17.7 Å². The van der Waals surface area contributed by atoms with Crippen molar-refractivity contribution in [3.8, 4) is 11.5 Å². The van der Waals surface area contributed by atoms with Crippen LogP contribution in [-0.2, 0) is 11.2 Å². The Balaban J connectivity index is 2.49. The lowest BCUT2D eigenvalue weighted by atomic mass is 10.1.